The third-order valence-electron chi connectivity index (χ3n) is 3.63. The number of carbonyl (C=O) groups excluding carboxylic acids is 2. The van der Waals surface area contributed by atoms with Crippen LogP contribution in [0, 0.1) is 6.92 Å². The molecule has 0 aliphatic heterocycles. The molecular formula is C16H20N4O2. The summed E-state index contributed by atoms with van der Waals surface area (Å²) in [5.74, 6) is -0.232. The van der Waals surface area contributed by atoms with Crippen molar-refractivity contribution < 1.29 is 9.59 Å². The van der Waals surface area contributed by atoms with Crippen molar-refractivity contribution in [3.63, 3.8) is 0 Å². The molecule has 1 aromatic carbocycles. The van der Waals surface area contributed by atoms with Gasteiger partial charge >= 0.3 is 0 Å². The standard InChI is InChI=1S/C16H20N4O2/c1-5-20-11(2)15(10-17-20)16(22)18-13-6-8-14(9-7-13)19(4)12(3)21/h6-10H,5H2,1-4H3,(H,18,22). The number of rotatable bonds is 4. The molecule has 0 aliphatic rings. The molecule has 0 radical (unpaired) electrons. The van der Waals surface area contributed by atoms with Gasteiger partial charge in [-0.05, 0) is 38.1 Å². The highest BCUT2D eigenvalue weighted by Gasteiger charge is 2.14. The highest BCUT2D eigenvalue weighted by atomic mass is 16.2. The monoisotopic (exact) mass is 300 g/mol. The van der Waals surface area contributed by atoms with Gasteiger partial charge in [0.05, 0.1) is 11.8 Å². The fraction of sp³-hybridized carbons (Fsp3) is 0.312. The van der Waals surface area contributed by atoms with Gasteiger partial charge in [0.2, 0.25) is 5.91 Å². The Kier molecular flexibility index (Phi) is 4.60. The van der Waals surface area contributed by atoms with Gasteiger partial charge in [0.1, 0.15) is 0 Å². The van der Waals surface area contributed by atoms with Crippen molar-refractivity contribution in [2.45, 2.75) is 27.3 Å². The first-order valence-electron chi connectivity index (χ1n) is 7.12. The first-order valence-corrected chi connectivity index (χ1v) is 7.12. The lowest BCUT2D eigenvalue weighted by molar-refractivity contribution is -0.116. The van der Waals surface area contributed by atoms with Crippen molar-refractivity contribution in [1.82, 2.24) is 9.78 Å². The van der Waals surface area contributed by atoms with Crippen molar-refractivity contribution >= 4 is 23.2 Å². The molecule has 6 nitrogen and oxygen atoms in total. The fourth-order valence-electron chi connectivity index (χ4n) is 2.14. The number of hydrogen-bond acceptors (Lipinski definition) is 3. The molecule has 2 aromatic rings. The molecule has 0 unspecified atom stereocenters. The van der Waals surface area contributed by atoms with Gasteiger partial charge in [-0.2, -0.15) is 5.10 Å². The van der Waals surface area contributed by atoms with Gasteiger partial charge in [-0.25, -0.2) is 0 Å². The summed E-state index contributed by atoms with van der Waals surface area (Å²) < 4.78 is 1.78. The van der Waals surface area contributed by atoms with Crippen molar-refractivity contribution in [2.24, 2.45) is 0 Å². The molecule has 0 bridgehead atoms. The van der Waals surface area contributed by atoms with Gasteiger partial charge < -0.3 is 10.2 Å². The van der Waals surface area contributed by atoms with Gasteiger partial charge in [0.15, 0.2) is 0 Å². The van der Waals surface area contributed by atoms with E-state index in [2.05, 4.69) is 10.4 Å². The van der Waals surface area contributed by atoms with E-state index < -0.39 is 0 Å². The van der Waals surface area contributed by atoms with Crippen LogP contribution in [-0.2, 0) is 11.3 Å². The van der Waals surface area contributed by atoms with Crippen LogP contribution in [0.4, 0.5) is 11.4 Å². The van der Waals surface area contributed by atoms with Gasteiger partial charge in [0, 0.05) is 37.6 Å². The summed E-state index contributed by atoms with van der Waals surface area (Å²) in [4.78, 5) is 25.1. The number of nitrogens with one attached hydrogen (secondary N) is 1. The van der Waals surface area contributed by atoms with Crippen LogP contribution in [-0.4, -0.2) is 28.6 Å². The molecule has 1 N–H and O–H groups in total. The summed E-state index contributed by atoms with van der Waals surface area (Å²) in [5, 5.41) is 7.00. The summed E-state index contributed by atoms with van der Waals surface area (Å²) in [6.45, 7) is 6.08. The van der Waals surface area contributed by atoms with E-state index in [1.54, 1.807) is 47.1 Å². The highest BCUT2D eigenvalue weighted by Crippen LogP contribution is 2.18. The van der Waals surface area contributed by atoms with E-state index in [1.165, 1.54) is 6.92 Å². The van der Waals surface area contributed by atoms with Crippen LogP contribution in [0.2, 0.25) is 0 Å². The maximum Gasteiger partial charge on any atom is 0.259 e. The minimum absolute atomic E-state index is 0.0422. The third-order valence-corrected chi connectivity index (χ3v) is 3.63. The van der Waals surface area contributed by atoms with Crippen molar-refractivity contribution in [2.75, 3.05) is 17.3 Å². The zero-order chi connectivity index (χ0) is 16.3. The van der Waals surface area contributed by atoms with Crippen LogP contribution in [0.15, 0.2) is 30.5 Å². The number of benzene rings is 1. The molecule has 0 saturated carbocycles. The van der Waals surface area contributed by atoms with Crippen LogP contribution < -0.4 is 10.2 Å². The van der Waals surface area contributed by atoms with Crippen LogP contribution in [0.5, 0.6) is 0 Å². The van der Waals surface area contributed by atoms with Gasteiger partial charge in [-0.15, -0.1) is 0 Å². The molecule has 0 atom stereocenters. The van der Waals surface area contributed by atoms with E-state index >= 15 is 0 Å². The Labute approximate surface area is 129 Å². The largest absolute Gasteiger partial charge is 0.322 e. The molecule has 0 fully saturated rings. The van der Waals surface area contributed by atoms with Gasteiger partial charge in [-0.3, -0.25) is 14.3 Å². The van der Waals surface area contributed by atoms with Crippen molar-refractivity contribution in [1.29, 1.82) is 0 Å². The second kappa shape index (κ2) is 6.43. The molecule has 2 amide bonds. The smallest absolute Gasteiger partial charge is 0.259 e. The van der Waals surface area contributed by atoms with E-state index in [9.17, 15) is 9.59 Å². The summed E-state index contributed by atoms with van der Waals surface area (Å²) in [7, 11) is 1.71. The SMILES string of the molecule is CCn1ncc(C(=O)Nc2ccc(N(C)C(C)=O)cc2)c1C. The third kappa shape index (κ3) is 3.16. The molecule has 2 rings (SSSR count). The van der Waals surface area contributed by atoms with Crippen LogP contribution >= 0.6 is 0 Å². The number of amides is 2. The maximum atomic E-state index is 12.3. The number of hydrogen-bond donors (Lipinski definition) is 1. The average molecular weight is 300 g/mol. The van der Waals surface area contributed by atoms with Crippen LogP contribution in [0.25, 0.3) is 0 Å². The first kappa shape index (κ1) is 15.8. The maximum absolute atomic E-state index is 12.3. The Morgan fingerprint density at radius 1 is 1.27 bits per heavy atom. The Hall–Kier alpha value is -2.63. The second-order valence-corrected chi connectivity index (χ2v) is 5.04. The van der Waals surface area contributed by atoms with E-state index in [0.717, 1.165) is 17.9 Å². The molecule has 1 aromatic heterocycles. The minimum Gasteiger partial charge on any atom is -0.322 e. The summed E-state index contributed by atoms with van der Waals surface area (Å²) in [5.41, 5.74) is 2.86. The molecule has 0 saturated heterocycles. The minimum atomic E-state index is -0.190. The zero-order valence-electron chi connectivity index (χ0n) is 13.3. The molecule has 0 aliphatic carbocycles. The normalized spacial score (nSPS) is 10.4. The zero-order valence-corrected chi connectivity index (χ0v) is 13.3. The quantitative estimate of drug-likeness (QED) is 0.943. The molecular weight excluding hydrogens is 280 g/mol. The van der Waals surface area contributed by atoms with Crippen LogP contribution in [0.1, 0.15) is 29.9 Å². The predicted molar refractivity (Wildman–Crippen MR) is 86.1 cm³/mol. The lowest BCUT2D eigenvalue weighted by atomic mass is 10.2. The second-order valence-electron chi connectivity index (χ2n) is 5.04. The molecule has 6 heteroatoms. The topological polar surface area (TPSA) is 67.2 Å². The summed E-state index contributed by atoms with van der Waals surface area (Å²) >= 11 is 0. The lowest BCUT2D eigenvalue weighted by Crippen LogP contribution is -2.22. The fourth-order valence-corrected chi connectivity index (χ4v) is 2.14. The summed E-state index contributed by atoms with van der Waals surface area (Å²) in [6, 6.07) is 7.12. The average Bonchev–Trinajstić information content (AvgIpc) is 2.88. The number of anilines is 2. The van der Waals surface area contributed by atoms with Gasteiger partial charge in [-0.1, -0.05) is 0 Å². The van der Waals surface area contributed by atoms with E-state index in [1.807, 2.05) is 13.8 Å². The van der Waals surface area contributed by atoms with Crippen molar-refractivity contribution in [3.8, 4) is 0 Å². The number of nitrogens with zero attached hydrogens (tertiary/aromatic N) is 3. The first-order chi connectivity index (χ1) is 10.4. The van der Waals surface area contributed by atoms with E-state index in [0.29, 0.717) is 11.3 Å². The molecule has 0 spiro atoms. The van der Waals surface area contributed by atoms with Crippen molar-refractivity contribution in [3.05, 3.63) is 41.7 Å². The Morgan fingerprint density at radius 3 is 2.41 bits per heavy atom. The predicted octanol–water partition coefficient (Wildman–Crippen LogP) is 2.45. The molecule has 116 valence electrons. The van der Waals surface area contributed by atoms with E-state index in [4.69, 9.17) is 0 Å². The lowest BCUT2D eigenvalue weighted by Gasteiger charge is -2.15. The van der Waals surface area contributed by atoms with Gasteiger partial charge in [0.25, 0.3) is 5.91 Å². The number of carbonyl (C=O) groups is 2. The van der Waals surface area contributed by atoms with Crippen LogP contribution in [0.3, 0.4) is 0 Å². The molecule has 22 heavy (non-hydrogen) atoms. The molecule has 1 heterocycles. The van der Waals surface area contributed by atoms with E-state index in [-0.39, 0.29) is 11.8 Å². The number of aryl methyl sites for hydroxylation is 1. The Balaban J connectivity index is 2.12. The Morgan fingerprint density at radius 2 is 1.91 bits per heavy atom. The Bertz CT molecular complexity index is 689. The summed E-state index contributed by atoms with van der Waals surface area (Å²) in [6.07, 6.45) is 1.58. The highest BCUT2D eigenvalue weighted by molar-refractivity contribution is 6.05. The number of aromatic nitrogens is 2.